The molecule has 160 valence electrons. The summed E-state index contributed by atoms with van der Waals surface area (Å²) in [6, 6.07) is 20.6. The maximum absolute atomic E-state index is 13.3. The van der Waals surface area contributed by atoms with Crippen LogP contribution in [0.1, 0.15) is 46.5 Å². The van der Waals surface area contributed by atoms with Crippen LogP contribution < -0.4 is 10.1 Å². The Morgan fingerprint density at radius 3 is 2.55 bits per heavy atom. The number of ether oxygens (including phenoxy) is 1. The summed E-state index contributed by atoms with van der Waals surface area (Å²) in [5, 5.41) is 5.52. The molecule has 1 aromatic heterocycles. The molecule has 1 aliphatic carbocycles. The summed E-state index contributed by atoms with van der Waals surface area (Å²) in [5.74, 6) is 1.59. The topological polar surface area (TPSA) is 41.6 Å². The predicted molar refractivity (Wildman–Crippen MR) is 124 cm³/mol. The molecule has 31 heavy (non-hydrogen) atoms. The molecule has 1 N–H and O–H groups in total. The first kappa shape index (κ1) is 20.3. The molecule has 2 unspecified atom stereocenters. The number of nitrogens with zero attached hydrogens (tertiary/aromatic N) is 1. The van der Waals surface area contributed by atoms with E-state index in [1.165, 1.54) is 23.3 Å². The first-order valence-corrected chi connectivity index (χ1v) is 11.9. The summed E-state index contributed by atoms with van der Waals surface area (Å²) >= 11 is 1.87. The van der Waals surface area contributed by atoms with Crippen molar-refractivity contribution in [1.82, 2.24) is 10.2 Å². The Morgan fingerprint density at radius 2 is 1.84 bits per heavy atom. The van der Waals surface area contributed by atoms with Crippen LogP contribution >= 0.6 is 11.3 Å². The van der Waals surface area contributed by atoms with Gasteiger partial charge in [-0.1, -0.05) is 42.5 Å². The number of carbonyl (C=O) groups is 1. The zero-order chi connectivity index (χ0) is 21.2. The van der Waals surface area contributed by atoms with Crippen molar-refractivity contribution in [1.29, 1.82) is 0 Å². The van der Waals surface area contributed by atoms with E-state index in [0.29, 0.717) is 18.5 Å². The van der Waals surface area contributed by atoms with Gasteiger partial charge in [-0.15, -0.1) is 11.3 Å². The summed E-state index contributed by atoms with van der Waals surface area (Å²) in [5.41, 5.74) is 3.60. The number of rotatable bonds is 7. The second kappa shape index (κ2) is 8.85. The molecule has 1 fully saturated rings. The average Bonchev–Trinajstić information content (AvgIpc) is 3.54. The highest BCUT2D eigenvalue weighted by Gasteiger charge is 2.40. The SMILES string of the molecule is COc1ccc(C(NC(=O)CN2CCc3sccc3C2C2CC2)c2ccccc2)cc1. The van der Waals surface area contributed by atoms with Crippen molar-refractivity contribution in [2.75, 3.05) is 20.2 Å². The van der Waals surface area contributed by atoms with Gasteiger partial charge in [-0.3, -0.25) is 9.69 Å². The standard InChI is InChI=1S/C26H28N2O2S/c1-30-21-11-9-19(10-12-21)25(18-5-3-2-4-6-18)27-24(29)17-28-15-13-23-22(14-16-31-23)26(28)20-7-8-20/h2-6,9-12,14,16,20,25-26H,7-8,13,15,17H2,1H3,(H,27,29). The van der Waals surface area contributed by atoms with E-state index in [1.54, 1.807) is 7.11 Å². The van der Waals surface area contributed by atoms with Crippen LogP contribution in [0, 0.1) is 5.92 Å². The minimum absolute atomic E-state index is 0.0778. The molecule has 5 heteroatoms. The molecule has 1 saturated carbocycles. The van der Waals surface area contributed by atoms with E-state index >= 15 is 0 Å². The van der Waals surface area contributed by atoms with Crippen LogP contribution in [-0.4, -0.2) is 31.0 Å². The highest BCUT2D eigenvalue weighted by molar-refractivity contribution is 7.10. The third-order valence-electron chi connectivity index (χ3n) is 6.42. The fourth-order valence-corrected chi connectivity index (χ4v) is 5.64. The third kappa shape index (κ3) is 4.39. The third-order valence-corrected chi connectivity index (χ3v) is 7.42. The highest BCUT2D eigenvalue weighted by atomic mass is 32.1. The lowest BCUT2D eigenvalue weighted by Gasteiger charge is -2.36. The van der Waals surface area contributed by atoms with Crippen molar-refractivity contribution in [2.24, 2.45) is 5.92 Å². The Bertz CT molecular complexity index is 1030. The molecule has 2 atom stereocenters. The second-order valence-corrected chi connectivity index (χ2v) is 9.49. The number of thiophene rings is 1. The van der Waals surface area contributed by atoms with Gasteiger partial charge in [0.2, 0.25) is 5.91 Å². The number of hydrogen-bond donors (Lipinski definition) is 1. The van der Waals surface area contributed by atoms with E-state index in [9.17, 15) is 4.79 Å². The van der Waals surface area contributed by atoms with Crippen molar-refractivity contribution in [2.45, 2.75) is 31.3 Å². The van der Waals surface area contributed by atoms with Crippen LogP contribution in [0.25, 0.3) is 0 Å². The molecule has 0 spiro atoms. The largest absolute Gasteiger partial charge is 0.497 e. The normalized spacial score (nSPS) is 19.5. The smallest absolute Gasteiger partial charge is 0.234 e. The number of amides is 1. The molecule has 2 heterocycles. The second-order valence-electron chi connectivity index (χ2n) is 8.49. The van der Waals surface area contributed by atoms with E-state index in [1.807, 2.05) is 53.8 Å². The maximum Gasteiger partial charge on any atom is 0.234 e. The fraction of sp³-hybridized carbons (Fsp3) is 0.346. The fourth-order valence-electron chi connectivity index (χ4n) is 4.73. The minimum atomic E-state index is -0.180. The number of hydrogen-bond acceptors (Lipinski definition) is 4. The van der Waals surface area contributed by atoms with Crippen molar-refractivity contribution < 1.29 is 9.53 Å². The van der Waals surface area contributed by atoms with Gasteiger partial charge in [0.15, 0.2) is 0 Å². The Balaban J connectivity index is 1.35. The van der Waals surface area contributed by atoms with Crippen molar-refractivity contribution >= 4 is 17.2 Å². The van der Waals surface area contributed by atoms with Gasteiger partial charge in [-0.05, 0) is 65.4 Å². The zero-order valence-corrected chi connectivity index (χ0v) is 18.6. The monoisotopic (exact) mass is 432 g/mol. The lowest BCUT2D eigenvalue weighted by molar-refractivity contribution is -0.123. The number of methoxy groups -OCH3 is 1. The molecular formula is C26H28N2O2S. The highest BCUT2D eigenvalue weighted by Crippen LogP contribution is 2.48. The molecule has 3 aromatic rings. The van der Waals surface area contributed by atoms with Crippen LogP contribution in [0.3, 0.4) is 0 Å². The first-order chi connectivity index (χ1) is 15.2. The van der Waals surface area contributed by atoms with Crippen LogP contribution in [-0.2, 0) is 11.2 Å². The Kier molecular flexibility index (Phi) is 5.79. The van der Waals surface area contributed by atoms with E-state index in [2.05, 4.69) is 33.8 Å². The van der Waals surface area contributed by atoms with Crippen molar-refractivity contribution in [3.8, 4) is 5.75 Å². The van der Waals surface area contributed by atoms with Gasteiger partial charge in [0.05, 0.1) is 19.7 Å². The number of fused-ring (bicyclic) bond motifs is 1. The van der Waals surface area contributed by atoms with Crippen molar-refractivity contribution in [3.05, 3.63) is 87.6 Å². The molecule has 0 saturated heterocycles. The zero-order valence-electron chi connectivity index (χ0n) is 17.8. The lowest BCUT2D eigenvalue weighted by atomic mass is 9.95. The molecular weight excluding hydrogens is 404 g/mol. The van der Waals surface area contributed by atoms with Gasteiger partial charge in [-0.2, -0.15) is 0 Å². The molecule has 0 bridgehead atoms. The predicted octanol–water partition coefficient (Wildman–Crippen LogP) is 4.97. The molecule has 1 aliphatic heterocycles. The van der Waals surface area contributed by atoms with Crippen LogP contribution in [0.5, 0.6) is 5.75 Å². The van der Waals surface area contributed by atoms with E-state index in [4.69, 9.17) is 4.74 Å². The van der Waals surface area contributed by atoms with E-state index < -0.39 is 0 Å². The Labute approximate surface area is 187 Å². The lowest BCUT2D eigenvalue weighted by Crippen LogP contribution is -2.44. The van der Waals surface area contributed by atoms with Crippen LogP contribution in [0.2, 0.25) is 0 Å². The van der Waals surface area contributed by atoms with Crippen LogP contribution in [0.4, 0.5) is 0 Å². The van der Waals surface area contributed by atoms with Crippen molar-refractivity contribution in [3.63, 3.8) is 0 Å². The quantitative estimate of drug-likeness (QED) is 0.573. The van der Waals surface area contributed by atoms with Gasteiger partial charge >= 0.3 is 0 Å². The maximum atomic E-state index is 13.3. The molecule has 5 rings (SSSR count). The minimum Gasteiger partial charge on any atom is -0.497 e. The van der Waals surface area contributed by atoms with E-state index in [0.717, 1.165) is 29.8 Å². The summed E-state index contributed by atoms with van der Waals surface area (Å²) in [7, 11) is 1.67. The Morgan fingerprint density at radius 1 is 1.10 bits per heavy atom. The van der Waals surface area contributed by atoms with Gasteiger partial charge in [0.25, 0.3) is 0 Å². The number of benzene rings is 2. The molecule has 2 aromatic carbocycles. The summed E-state index contributed by atoms with van der Waals surface area (Å²) in [6.45, 7) is 1.40. The average molecular weight is 433 g/mol. The molecule has 4 nitrogen and oxygen atoms in total. The first-order valence-electron chi connectivity index (χ1n) is 11.0. The summed E-state index contributed by atoms with van der Waals surface area (Å²) < 4.78 is 5.31. The van der Waals surface area contributed by atoms with Gasteiger partial charge in [-0.25, -0.2) is 0 Å². The van der Waals surface area contributed by atoms with Gasteiger partial charge in [0.1, 0.15) is 5.75 Å². The van der Waals surface area contributed by atoms with E-state index in [-0.39, 0.29) is 11.9 Å². The number of nitrogens with one attached hydrogen (secondary N) is 1. The van der Waals surface area contributed by atoms with Gasteiger partial charge < -0.3 is 10.1 Å². The summed E-state index contributed by atoms with van der Waals surface area (Å²) in [6.07, 6.45) is 3.59. The summed E-state index contributed by atoms with van der Waals surface area (Å²) in [4.78, 5) is 17.2. The molecule has 2 aliphatic rings. The molecule has 1 amide bonds. The number of carbonyl (C=O) groups excluding carboxylic acids is 1. The van der Waals surface area contributed by atoms with Gasteiger partial charge in [0, 0.05) is 17.5 Å². The Hall–Kier alpha value is -2.63. The van der Waals surface area contributed by atoms with Crippen LogP contribution in [0.15, 0.2) is 66.0 Å². The molecule has 0 radical (unpaired) electrons.